The molecule has 0 aliphatic carbocycles. The minimum Gasteiger partial charge on any atom is -0.497 e. The molecule has 1 N–H and O–H groups in total. The van der Waals surface area contributed by atoms with Gasteiger partial charge in [-0.15, -0.1) is 0 Å². The number of anilines is 1. The number of β-amino-alcohol motifs (C(OH)–C–C–N with tert-alkyl or cyclic N) is 1. The third-order valence-corrected chi connectivity index (χ3v) is 5.46. The predicted molar refractivity (Wildman–Crippen MR) is 113 cm³/mol. The van der Waals surface area contributed by atoms with Gasteiger partial charge in [0, 0.05) is 38.6 Å². The highest BCUT2D eigenvalue weighted by molar-refractivity contribution is 5.81. The summed E-state index contributed by atoms with van der Waals surface area (Å²) in [6, 6.07) is 20.4. The summed E-state index contributed by atoms with van der Waals surface area (Å²) in [6.45, 7) is 3.02. The van der Waals surface area contributed by atoms with E-state index in [1.165, 1.54) is 5.56 Å². The summed E-state index contributed by atoms with van der Waals surface area (Å²) in [5.41, 5.74) is 1.49. The summed E-state index contributed by atoms with van der Waals surface area (Å²) < 4.78 is 5.28. The summed E-state index contributed by atoms with van der Waals surface area (Å²) in [4.78, 5) is 9.13. The van der Waals surface area contributed by atoms with Gasteiger partial charge < -0.3 is 14.7 Å². The van der Waals surface area contributed by atoms with Crippen LogP contribution >= 0.6 is 0 Å². The molecule has 0 spiro atoms. The lowest BCUT2D eigenvalue weighted by molar-refractivity contribution is 0.0561. The van der Waals surface area contributed by atoms with Gasteiger partial charge >= 0.3 is 0 Å². The van der Waals surface area contributed by atoms with Crippen LogP contribution in [0.2, 0.25) is 0 Å². The van der Waals surface area contributed by atoms with Gasteiger partial charge in [0.15, 0.2) is 0 Å². The fourth-order valence-electron chi connectivity index (χ4n) is 4.00. The van der Waals surface area contributed by atoms with Crippen molar-refractivity contribution in [2.75, 3.05) is 38.7 Å². The number of hydrogen-bond donors (Lipinski definition) is 1. The highest BCUT2D eigenvalue weighted by Crippen LogP contribution is 2.27. The minimum atomic E-state index is -0.722. The van der Waals surface area contributed by atoms with Gasteiger partial charge in [-0.2, -0.15) is 0 Å². The molecule has 5 nitrogen and oxygen atoms in total. The minimum absolute atomic E-state index is 0.562. The number of nitrogens with zero attached hydrogens (tertiary/aromatic N) is 3. The first-order valence-electron chi connectivity index (χ1n) is 9.69. The van der Waals surface area contributed by atoms with Crippen LogP contribution in [0.1, 0.15) is 12.0 Å². The summed E-state index contributed by atoms with van der Waals surface area (Å²) in [6.07, 6.45) is 0.773. The number of rotatable bonds is 6. The quantitative estimate of drug-likeness (QED) is 0.714. The van der Waals surface area contributed by atoms with E-state index in [2.05, 4.69) is 40.1 Å². The van der Waals surface area contributed by atoms with Gasteiger partial charge in [-0.1, -0.05) is 30.3 Å². The highest BCUT2D eigenvalue weighted by atomic mass is 16.5. The third kappa shape index (κ3) is 4.11. The summed E-state index contributed by atoms with van der Waals surface area (Å²) in [5.74, 6) is 1.70. The molecule has 1 fully saturated rings. The molecule has 0 bridgehead atoms. The monoisotopic (exact) mass is 377 g/mol. The van der Waals surface area contributed by atoms with Crippen molar-refractivity contribution in [3.8, 4) is 5.75 Å². The zero-order valence-corrected chi connectivity index (χ0v) is 16.5. The maximum atomic E-state index is 11.1. The fraction of sp³-hybridized carbons (Fsp3) is 0.348. The molecular formula is C23H27N3O2. The topological polar surface area (TPSA) is 48.8 Å². The number of aromatic nitrogens is 1. The largest absolute Gasteiger partial charge is 0.497 e. The van der Waals surface area contributed by atoms with Crippen LogP contribution in [0.4, 0.5) is 5.82 Å². The van der Waals surface area contributed by atoms with E-state index in [4.69, 9.17) is 9.72 Å². The van der Waals surface area contributed by atoms with Crippen LogP contribution in [0.15, 0.2) is 60.7 Å². The molecule has 3 aromatic rings. The van der Waals surface area contributed by atoms with E-state index in [0.717, 1.165) is 42.0 Å². The highest BCUT2D eigenvalue weighted by Gasteiger charge is 2.37. The van der Waals surface area contributed by atoms with Gasteiger partial charge in [-0.3, -0.25) is 4.90 Å². The molecule has 0 saturated carbocycles. The number of aliphatic hydroxyl groups is 1. The Morgan fingerprint density at radius 1 is 1.14 bits per heavy atom. The molecule has 2 heterocycles. The molecule has 1 unspecified atom stereocenters. The molecule has 28 heavy (non-hydrogen) atoms. The van der Waals surface area contributed by atoms with Crippen LogP contribution in [0.3, 0.4) is 0 Å². The first kappa shape index (κ1) is 18.7. The standard InChI is InChI=1S/C23H27N3O2/c1-25(22-11-8-19-14-20(28-2)9-10-21(19)24-22)16-23(27)12-13-26(17-23)15-18-6-4-3-5-7-18/h3-11,14,27H,12-13,15-17H2,1-2H3. The molecule has 1 atom stereocenters. The Balaban J connectivity index is 1.42. The Morgan fingerprint density at radius 2 is 1.96 bits per heavy atom. The molecule has 2 aromatic carbocycles. The second-order valence-electron chi connectivity index (χ2n) is 7.75. The summed E-state index contributed by atoms with van der Waals surface area (Å²) in [7, 11) is 3.66. The van der Waals surface area contributed by atoms with Crippen LogP contribution in [-0.2, 0) is 6.54 Å². The number of fused-ring (bicyclic) bond motifs is 1. The molecule has 1 saturated heterocycles. The number of benzene rings is 2. The van der Waals surface area contributed by atoms with Crippen molar-refractivity contribution in [1.29, 1.82) is 0 Å². The molecule has 0 radical (unpaired) electrons. The average Bonchev–Trinajstić information content (AvgIpc) is 3.07. The number of pyridine rings is 1. The van der Waals surface area contributed by atoms with Gasteiger partial charge in [-0.05, 0) is 42.3 Å². The maximum Gasteiger partial charge on any atom is 0.129 e. The first-order valence-corrected chi connectivity index (χ1v) is 9.69. The molecule has 146 valence electrons. The van der Waals surface area contributed by atoms with Gasteiger partial charge in [0.25, 0.3) is 0 Å². The number of likely N-dealkylation sites (N-methyl/N-ethyl adjacent to an activating group) is 1. The van der Waals surface area contributed by atoms with Crippen molar-refractivity contribution < 1.29 is 9.84 Å². The van der Waals surface area contributed by atoms with Gasteiger partial charge in [0.1, 0.15) is 11.6 Å². The van der Waals surface area contributed by atoms with Gasteiger partial charge in [-0.25, -0.2) is 4.98 Å². The molecule has 0 amide bonds. The number of methoxy groups -OCH3 is 1. The van der Waals surface area contributed by atoms with E-state index in [1.807, 2.05) is 37.4 Å². The van der Waals surface area contributed by atoms with Crippen molar-refractivity contribution >= 4 is 16.7 Å². The van der Waals surface area contributed by atoms with Crippen molar-refractivity contribution in [2.24, 2.45) is 0 Å². The SMILES string of the molecule is COc1ccc2nc(N(C)CC3(O)CCN(Cc4ccccc4)C3)ccc2c1. The Morgan fingerprint density at radius 3 is 2.75 bits per heavy atom. The zero-order chi connectivity index (χ0) is 19.6. The smallest absolute Gasteiger partial charge is 0.129 e. The van der Waals surface area contributed by atoms with E-state index in [0.29, 0.717) is 13.1 Å². The lowest BCUT2D eigenvalue weighted by atomic mass is 10.0. The Labute approximate surface area is 166 Å². The van der Waals surface area contributed by atoms with E-state index >= 15 is 0 Å². The van der Waals surface area contributed by atoms with Crippen molar-refractivity contribution in [1.82, 2.24) is 9.88 Å². The maximum absolute atomic E-state index is 11.1. The van der Waals surface area contributed by atoms with Crippen molar-refractivity contribution in [3.05, 3.63) is 66.2 Å². The summed E-state index contributed by atoms with van der Waals surface area (Å²) in [5, 5.41) is 12.2. The zero-order valence-electron chi connectivity index (χ0n) is 16.5. The number of hydrogen-bond acceptors (Lipinski definition) is 5. The Bertz CT molecular complexity index is 947. The van der Waals surface area contributed by atoms with Gasteiger partial charge in [0.2, 0.25) is 0 Å². The third-order valence-electron chi connectivity index (χ3n) is 5.46. The predicted octanol–water partition coefficient (Wildman–Crippen LogP) is 3.32. The van der Waals surface area contributed by atoms with Crippen molar-refractivity contribution in [2.45, 2.75) is 18.6 Å². The molecule has 5 heteroatoms. The average molecular weight is 377 g/mol. The molecule has 1 aliphatic heterocycles. The second-order valence-corrected chi connectivity index (χ2v) is 7.75. The van der Waals surface area contributed by atoms with E-state index in [9.17, 15) is 5.11 Å². The van der Waals surface area contributed by atoms with Crippen LogP contribution in [0.5, 0.6) is 5.75 Å². The lowest BCUT2D eigenvalue weighted by Crippen LogP contribution is -2.44. The second kappa shape index (κ2) is 7.78. The van der Waals surface area contributed by atoms with Crippen molar-refractivity contribution in [3.63, 3.8) is 0 Å². The van der Waals surface area contributed by atoms with Crippen LogP contribution in [-0.4, -0.2) is 54.4 Å². The Hall–Kier alpha value is -2.63. The van der Waals surface area contributed by atoms with E-state index < -0.39 is 5.60 Å². The molecule has 1 aromatic heterocycles. The number of ether oxygens (including phenoxy) is 1. The van der Waals surface area contributed by atoms with E-state index in [-0.39, 0.29) is 0 Å². The summed E-state index contributed by atoms with van der Waals surface area (Å²) >= 11 is 0. The number of likely N-dealkylation sites (tertiary alicyclic amines) is 1. The van der Waals surface area contributed by atoms with E-state index in [1.54, 1.807) is 7.11 Å². The fourth-order valence-corrected chi connectivity index (χ4v) is 4.00. The Kier molecular flexibility index (Phi) is 5.20. The first-order chi connectivity index (χ1) is 13.5. The molecule has 1 aliphatic rings. The van der Waals surface area contributed by atoms with Crippen LogP contribution < -0.4 is 9.64 Å². The van der Waals surface area contributed by atoms with Crippen LogP contribution in [0, 0.1) is 0 Å². The molecular weight excluding hydrogens is 350 g/mol. The lowest BCUT2D eigenvalue weighted by Gasteiger charge is -2.30. The molecule has 4 rings (SSSR count). The van der Waals surface area contributed by atoms with Gasteiger partial charge in [0.05, 0.1) is 18.2 Å². The normalized spacial score (nSPS) is 19.8. The van der Waals surface area contributed by atoms with Crippen LogP contribution in [0.25, 0.3) is 10.9 Å².